The molecule has 1 aromatic heterocycles. The predicted octanol–water partition coefficient (Wildman–Crippen LogP) is 3.60. The van der Waals surface area contributed by atoms with Gasteiger partial charge >= 0.3 is 5.97 Å². The number of unbranched alkanes of at least 4 members (excludes halogenated alkanes) is 3. The molecule has 0 saturated carbocycles. The maximum atomic E-state index is 11.8. The molecule has 1 aromatic rings. The first-order valence-electron chi connectivity index (χ1n) is 7.01. The molecule has 21 heavy (non-hydrogen) atoms. The molecule has 0 aliphatic rings. The van der Waals surface area contributed by atoms with Gasteiger partial charge < -0.3 is 10.1 Å². The van der Waals surface area contributed by atoms with Crippen molar-refractivity contribution < 1.29 is 14.3 Å². The minimum absolute atomic E-state index is 0.00788. The second kappa shape index (κ2) is 9.50. The van der Waals surface area contributed by atoms with Gasteiger partial charge in [-0.2, -0.15) is 0 Å². The van der Waals surface area contributed by atoms with Gasteiger partial charge in [-0.25, -0.2) is 4.98 Å². The summed E-state index contributed by atoms with van der Waals surface area (Å²) in [4.78, 5) is 26.8. The second-order valence-electron chi connectivity index (χ2n) is 4.87. The van der Waals surface area contributed by atoms with Crippen LogP contribution in [-0.2, 0) is 14.3 Å². The van der Waals surface area contributed by atoms with E-state index < -0.39 is 0 Å². The highest BCUT2D eigenvalue weighted by Gasteiger charge is 2.05. The molecule has 0 spiro atoms. The van der Waals surface area contributed by atoms with Crippen LogP contribution in [-0.4, -0.2) is 24.0 Å². The van der Waals surface area contributed by atoms with E-state index in [0.717, 1.165) is 35.8 Å². The standard InChI is InChI=1S/C15H21BrN2O3/c1-11-9-12(10-17-15(11)16)18-13(19)7-5-3-4-6-8-14(20)21-2/h9-10H,3-8H2,1-2H3,(H,18,19). The number of ether oxygens (including phenoxy) is 1. The SMILES string of the molecule is COC(=O)CCCCCCC(=O)Nc1cnc(Br)c(C)c1. The molecule has 116 valence electrons. The molecule has 0 fully saturated rings. The molecule has 0 saturated heterocycles. The van der Waals surface area contributed by atoms with Crippen molar-refractivity contribution in [1.29, 1.82) is 0 Å². The first-order chi connectivity index (χ1) is 10.0. The van der Waals surface area contributed by atoms with E-state index in [0.29, 0.717) is 18.5 Å². The number of esters is 1. The van der Waals surface area contributed by atoms with Crippen LogP contribution in [0, 0.1) is 6.92 Å². The Balaban J connectivity index is 2.16. The third-order valence-electron chi connectivity index (χ3n) is 3.06. The Morgan fingerprint density at radius 2 is 1.90 bits per heavy atom. The highest BCUT2D eigenvalue weighted by molar-refractivity contribution is 9.10. The van der Waals surface area contributed by atoms with Crippen molar-refractivity contribution in [1.82, 2.24) is 4.98 Å². The molecule has 0 radical (unpaired) electrons. The van der Waals surface area contributed by atoms with Crippen LogP contribution in [0.2, 0.25) is 0 Å². The number of rotatable bonds is 8. The third kappa shape index (κ3) is 7.22. The van der Waals surface area contributed by atoms with E-state index in [1.165, 1.54) is 7.11 Å². The lowest BCUT2D eigenvalue weighted by molar-refractivity contribution is -0.140. The lowest BCUT2D eigenvalue weighted by atomic mass is 10.1. The van der Waals surface area contributed by atoms with Gasteiger partial charge in [0.1, 0.15) is 4.60 Å². The number of hydrogen-bond acceptors (Lipinski definition) is 4. The Bertz CT molecular complexity index is 492. The summed E-state index contributed by atoms with van der Waals surface area (Å²) in [6.45, 7) is 1.92. The van der Waals surface area contributed by atoms with E-state index in [4.69, 9.17) is 0 Å². The van der Waals surface area contributed by atoms with Gasteiger partial charge in [0, 0.05) is 12.8 Å². The summed E-state index contributed by atoms with van der Waals surface area (Å²) in [5.74, 6) is -0.183. The van der Waals surface area contributed by atoms with Gasteiger partial charge in [-0.15, -0.1) is 0 Å². The van der Waals surface area contributed by atoms with Crippen molar-refractivity contribution >= 4 is 33.5 Å². The number of pyridine rings is 1. The Morgan fingerprint density at radius 1 is 1.24 bits per heavy atom. The number of nitrogens with one attached hydrogen (secondary N) is 1. The quantitative estimate of drug-likeness (QED) is 0.438. The summed E-state index contributed by atoms with van der Waals surface area (Å²) in [6.07, 6.45) is 6.05. The van der Waals surface area contributed by atoms with Crippen LogP contribution in [0.5, 0.6) is 0 Å². The Hall–Kier alpha value is -1.43. The van der Waals surface area contributed by atoms with Crippen molar-refractivity contribution in [2.24, 2.45) is 0 Å². The lowest BCUT2D eigenvalue weighted by Crippen LogP contribution is -2.11. The van der Waals surface area contributed by atoms with Gasteiger partial charge in [0.2, 0.25) is 5.91 Å². The van der Waals surface area contributed by atoms with Crippen molar-refractivity contribution in [3.63, 3.8) is 0 Å². The number of nitrogens with zero attached hydrogens (tertiary/aromatic N) is 1. The van der Waals surface area contributed by atoms with E-state index in [1.807, 2.05) is 13.0 Å². The summed E-state index contributed by atoms with van der Waals surface area (Å²) in [7, 11) is 1.39. The fourth-order valence-corrected chi connectivity index (χ4v) is 2.08. The molecule has 1 N–H and O–H groups in total. The van der Waals surface area contributed by atoms with Crippen LogP contribution in [0.15, 0.2) is 16.9 Å². The average molecular weight is 357 g/mol. The van der Waals surface area contributed by atoms with Crippen molar-refractivity contribution in [2.75, 3.05) is 12.4 Å². The number of methoxy groups -OCH3 is 1. The topological polar surface area (TPSA) is 68.3 Å². The highest BCUT2D eigenvalue weighted by Crippen LogP contribution is 2.17. The number of hydrogen-bond donors (Lipinski definition) is 1. The molecule has 0 aromatic carbocycles. The average Bonchev–Trinajstić information content (AvgIpc) is 2.46. The highest BCUT2D eigenvalue weighted by atomic mass is 79.9. The number of carbonyl (C=O) groups is 2. The summed E-state index contributed by atoms with van der Waals surface area (Å²) >= 11 is 3.32. The Kier molecular flexibility index (Phi) is 7.97. The third-order valence-corrected chi connectivity index (χ3v) is 3.89. The zero-order valence-electron chi connectivity index (χ0n) is 12.4. The summed E-state index contributed by atoms with van der Waals surface area (Å²) in [5.41, 5.74) is 1.70. The van der Waals surface area contributed by atoms with Gasteiger partial charge in [0.15, 0.2) is 0 Å². The molecule has 6 heteroatoms. The molecular formula is C15H21BrN2O3. The number of carbonyl (C=O) groups excluding carboxylic acids is 2. The second-order valence-corrected chi connectivity index (χ2v) is 5.62. The van der Waals surface area contributed by atoms with Gasteiger partial charge in [-0.1, -0.05) is 12.8 Å². The van der Waals surface area contributed by atoms with Gasteiger partial charge in [-0.05, 0) is 47.3 Å². The first kappa shape index (κ1) is 17.6. The number of aryl methyl sites for hydroxylation is 1. The fourth-order valence-electron chi connectivity index (χ4n) is 1.86. The predicted molar refractivity (Wildman–Crippen MR) is 85.0 cm³/mol. The Labute approximate surface area is 133 Å². The van der Waals surface area contributed by atoms with Crippen LogP contribution in [0.1, 0.15) is 44.1 Å². The zero-order chi connectivity index (χ0) is 15.7. The molecule has 0 unspecified atom stereocenters. The van der Waals surface area contributed by atoms with Crippen LogP contribution >= 0.6 is 15.9 Å². The first-order valence-corrected chi connectivity index (χ1v) is 7.81. The Morgan fingerprint density at radius 3 is 2.52 bits per heavy atom. The molecule has 1 amide bonds. The monoisotopic (exact) mass is 356 g/mol. The molecule has 1 rings (SSSR count). The number of halogens is 1. The summed E-state index contributed by atoms with van der Waals surface area (Å²) in [5, 5.41) is 2.83. The summed E-state index contributed by atoms with van der Waals surface area (Å²) in [6, 6.07) is 1.88. The maximum absolute atomic E-state index is 11.8. The number of amides is 1. The van der Waals surface area contributed by atoms with E-state index in [2.05, 4.69) is 31.0 Å². The van der Waals surface area contributed by atoms with E-state index >= 15 is 0 Å². The minimum Gasteiger partial charge on any atom is -0.469 e. The van der Waals surface area contributed by atoms with Crippen molar-refractivity contribution in [3.8, 4) is 0 Å². The van der Waals surface area contributed by atoms with Gasteiger partial charge in [-0.3, -0.25) is 9.59 Å². The van der Waals surface area contributed by atoms with E-state index in [9.17, 15) is 9.59 Å². The lowest BCUT2D eigenvalue weighted by Gasteiger charge is -2.06. The smallest absolute Gasteiger partial charge is 0.305 e. The normalized spacial score (nSPS) is 10.2. The van der Waals surface area contributed by atoms with E-state index in [-0.39, 0.29) is 11.9 Å². The van der Waals surface area contributed by atoms with Crippen molar-refractivity contribution in [3.05, 3.63) is 22.4 Å². The fraction of sp³-hybridized carbons (Fsp3) is 0.533. The number of aromatic nitrogens is 1. The van der Waals surface area contributed by atoms with Gasteiger partial charge in [0.25, 0.3) is 0 Å². The van der Waals surface area contributed by atoms with Gasteiger partial charge in [0.05, 0.1) is 19.0 Å². The molecule has 0 aliphatic heterocycles. The van der Waals surface area contributed by atoms with E-state index in [1.54, 1.807) is 6.20 Å². The molecule has 0 atom stereocenters. The maximum Gasteiger partial charge on any atom is 0.305 e. The van der Waals surface area contributed by atoms with Crippen molar-refractivity contribution in [2.45, 2.75) is 45.4 Å². The largest absolute Gasteiger partial charge is 0.469 e. The van der Waals surface area contributed by atoms with Crippen LogP contribution < -0.4 is 5.32 Å². The van der Waals surface area contributed by atoms with Crippen LogP contribution in [0.3, 0.4) is 0 Å². The number of anilines is 1. The summed E-state index contributed by atoms with van der Waals surface area (Å²) < 4.78 is 5.35. The molecule has 1 heterocycles. The minimum atomic E-state index is -0.175. The molecule has 0 bridgehead atoms. The zero-order valence-corrected chi connectivity index (χ0v) is 14.0. The molecular weight excluding hydrogens is 336 g/mol. The van der Waals surface area contributed by atoms with Crippen LogP contribution in [0.4, 0.5) is 5.69 Å². The molecule has 0 aliphatic carbocycles. The molecule has 5 nitrogen and oxygen atoms in total. The van der Waals surface area contributed by atoms with Crippen LogP contribution in [0.25, 0.3) is 0 Å².